The van der Waals surface area contributed by atoms with Gasteiger partial charge in [-0.15, -0.1) is 11.8 Å². The molecule has 2 rings (SSSR count). The summed E-state index contributed by atoms with van der Waals surface area (Å²) in [7, 11) is 0. The van der Waals surface area contributed by atoms with E-state index in [1.165, 1.54) is 19.1 Å². The van der Waals surface area contributed by atoms with Crippen molar-refractivity contribution in [2.75, 3.05) is 5.75 Å². The Balaban J connectivity index is 2.08. The van der Waals surface area contributed by atoms with Gasteiger partial charge in [-0.2, -0.15) is 26.3 Å². The second-order valence-electron chi connectivity index (χ2n) is 5.95. The Morgan fingerprint density at radius 3 is 2.24 bits per heavy atom. The number of halogens is 7. The van der Waals surface area contributed by atoms with Crippen LogP contribution in [0.2, 0.25) is 0 Å². The van der Waals surface area contributed by atoms with Crippen LogP contribution in [0, 0.1) is 12.7 Å². The summed E-state index contributed by atoms with van der Waals surface area (Å²) >= 11 is 0.483. The van der Waals surface area contributed by atoms with Crippen molar-refractivity contribution in [3.63, 3.8) is 0 Å². The number of aryl methyl sites for hydroxylation is 1. The van der Waals surface area contributed by atoms with Crippen LogP contribution >= 0.6 is 11.8 Å². The zero-order valence-corrected chi connectivity index (χ0v) is 15.7. The molecule has 0 heterocycles. The molecule has 158 valence electrons. The van der Waals surface area contributed by atoms with E-state index >= 15 is 0 Å². The van der Waals surface area contributed by atoms with Crippen molar-refractivity contribution in [2.24, 2.45) is 10.9 Å². The molecule has 0 saturated carbocycles. The molecule has 0 aromatic heterocycles. The molecule has 0 atom stereocenters. The maximum atomic E-state index is 14.1. The maximum absolute atomic E-state index is 14.1. The first-order valence-corrected chi connectivity index (χ1v) is 8.97. The molecule has 0 fully saturated rings. The predicted octanol–water partition coefficient (Wildman–Crippen LogP) is 5.64. The first-order chi connectivity index (χ1) is 13.4. The first kappa shape index (κ1) is 22.9. The molecule has 11 heteroatoms. The molecular weight excluding hydrogens is 425 g/mol. The first-order valence-electron chi connectivity index (χ1n) is 7.98. The summed E-state index contributed by atoms with van der Waals surface area (Å²) in [4.78, 5) is 5.11. The van der Waals surface area contributed by atoms with E-state index in [4.69, 9.17) is 10.6 Å². The normalized spacial score (nSPS) is 12.9. The van der Waals surface area contributed by atoms with Gasteiger partial charge in [-0.05, 0) is 42.3 Å². The molecule has 2 N–H and O–H groups in total. The van der Waals surface area contributed by atoms with Gasteiger partial charge in [0.2, 0.25) is 0 Å². The van der Waals surface area contributed by atoms with Crippen LogP contribution in [0.25, 0.3) is 0 Å². The van der Waals surface area contributed by atoms with E-state index in [1.54, 1.807) is 0 Å². The Kier molecular flexibility index (Phi) is 7.04. The lowest BCUT2D eigenvalue weighted by Gasteiger charge is -2.11. The fourth-order valence-electron chi connectivity index (χ4n) is 2.18. The number of hydrogen-bond donors (Lipinski definition) is 1. The Morgan fingerprint density at radius 1 is 1.07 bits per heavy atom. The minimum Gasteiger partial charge on any atom is -0.389 e. The highest BCUT2D eigenvalue weighted by Gasteiger charge is 2.30. The Labute approximate surface area is 165 Å². The van der Waals surface area contributed by atoms with E-state index in [0.717, 1.165) is 24.3 Å². The largest absolute Gasteiger partial charge is 0.416 e. The van der Waals surface area contributed by atoms with Gasteiger partial charge < -0.3 is 10.6 Å². The van der Waals surface area contributed by atoms with E-state index in [0.29, 0.717) is 22.9 Å². The fourth-order valence-corrected chi connectivity index (χ4v) is 2.99. The average molecular weight is 440 g/mol. The van der Waals surface area contributed by atoms with Gasteiger partial charge in [0.05, 0.1) is 16.9 Å². The number of nitrogens with two attached hydrogens (primary N) is 1. The van der Waals surface area contributed by atoms with Crippen LogP contribution in [-0.4, -0.2) is 17.8 Å². The summed E-state index contributed by atoms with van der Waals surface area (Å²) in [5, 5.41) is 3.50. The smallest absolute Gasteiger partial charge is 0.389 e. The van der Waals surface area contributed by atoms with Crippen LogP contribution < -0.4 is 5.73 Å². The Hall–Kier alpha value is -2.43. The second-order valence-corrected chi connectivity index (χ2v) is 6.96. The summed E-state index contributed by atoms with van der Waals surface area (Å²) in [6, 6.07) is 6.29. The Morgan fingerprint density at radius 2 is 1.69 bits per heavy atom. The molecule has 0 unspecified atom stereocenters. The van der Waals surface area contributed by atoms with Crippen molar-refractivity contribution in [1.29, 1.82) is 0 Å². The van der Waals surface area contributed by atoms with E-state index in [1.807, 2.05) is 0 Å². The number of hydrogen-bond acceptors (Lipinski definition) is 3. The van der Waals surface area contributed by atoms with E-state index in [2.05, 4.69) is 5.16 Å². The van der Waals surface area contributed by atoms with Crippen LogP contribution in [0.1, 0.15) is 22.3 Å². The topological polar surface area (TPSA) is 47.6 Å². The molecule has 29 heavy (non-hydrogen) atoms. The number of rotatable bonds is 6. The molecule has 0 aliphatic rings. The molecule has 0 aliphatic heterocycles. The van der Waals surface area contributed by atoms with Gasteiger partial charge in [-0.3, -0.25) is 0 Å². The number of oxime groups is 1. The zero-order chi connectivity index (χ0) is 21.8. The molecule has 2 aromatic carbocycles. The lowest BCUT2D eigenvalue weighted by atomic mass is 10.1. The van der Waals surface area contributed by atoms with Crippen LogP contribution in [0.5, 0.6) is 0 Å². The molecule has 0 saturated heterocycles. The Bertz CT molecular complexity index is 878. The average Bonchev–Trinajstić information content (AvgIpc) is 2.59. The van der Waals surface area contributed by atoms with Crippen LogP contribution in [0.3, 0.4) is 0 Å². The maximum Gasteiger partial charge on any atom is 0.416 e. The summed E-state index contributed by atoms with van der Waals surface area (Å²) in [6.45, 7) is 1.22. The van der Waals surface area contributed by atoms with E-state index < -0.39 is 35.3 Å². The minimum atomic E-state index is -4.47. The SMILES string of the molecule is Cc1cc(F)c(/C(N)=N/OCc2ccc(C(F)(F)F)cc2)cc1SCC(F)(F)F. The van der Waals surface area contributed by atoms with Gasteiger partial charge in [-0.25, -0.2) is 4.39 Å². The highest BCUT2D eigenvalue weighted by molar-refractivity contribution is 7.99. The van der Waals surface area contributed by atoms with Gasteiger partial charge in [0.15, 0.2) is 5.84 Å². The van der Waals surface area contributed by atoms with Gasteiger partial charge in [-0.1, -0.05) is 17.3 Å². The van der Waals surface area contributed by atoms with Crippen molar-refractivity contribution in [3.05, 3.63) is 64.5 Å². The molecule has 0 aliphatic carbocycles. The van der Waals surface area contributed by atoms with Crippen molar-refractivity contribution in [1.82, 2.24) is 0 Å². The van der Waals surface area contributed by atoms with Gasteiger partial charge in [0, 0.05) is 4.90 Å². The van der Waals surface area contributed by atoms with Crippen LogP contribution in [-0.2, 0) is 17.6 Å². The summed E-state index contributed by atoms with van der Waals surface area (Å²) in [5.74, 6) is -2.36. The van der Waals surface area contributed by atoms with Gasteiger partial charge in [0.25, 0.3) is 0 Å². The summed E-state index contributed by atoms with van der Waals surface area (Å²) in [6.07, 6.45) is -8.86. The van der Waals surface area contributed by atoms with Gasteiger partial charge in [0.1, 0.15) is 12.4 Å². The minimum absolute atomic E-state index is 0.180. The third-order valence-corrected chi connectivity index (χ3v) is 4.83. The number of amidine groups is 1. The lowest BCUT2D eigenvalue weighted by molar-refractivity contribution is -0.137. The third-order valence-electron chi connectivity index (χ3n) is 3.61. The second kappa shape index (κ2) is 8.93. The summed E-state index contributed by atoms with van der Waals surface area (Å²) < 4.78 is 88.9. The van der Waals surface area contributed by atoms with Crippen LogP contribution in [0.4, 0.5) is 30.7 Å². The number of nitrogens with zero attached hydrogens (tertiary/aromatic N) is 1. The number of alkyl halides is 6. The number of thioether (sulfide) groups is 1. The van der Waals surface area contributed by atoms with Crippen molar-refractivity contribution in [3.8, 4) is 0 Å². The van der Waals surface area contributed by atoms with Gasteiger partial charge >= 0.3 is 12.4 Å². The monoisotopic (exact) mass is 440 g/mol. The van der Waals surface area contributed by atoms with E-state index in [-0.39, 0.29) is 17.1 Å². The standard InChI is InChI=1S/C18H15F7N2OS/c1-10-6-14(19)13(7-15(10)29-9-17(20,21)22)16(26)27-28-8-11-2-4-12(5-3-11)18(23,24)25/h2-7H,8-9H2,1H3,(H2,26,27). The third kappa shape index (κ3) is 6.84. The van der Waals surface area contributed by atoms with Crippen molar-refractivity contribution >= 4 is 17.6 Å². The van der Waals surface area contributed by atoms with Crippen LogP contribution in [0.15, 0.2) is 46.4 Å². The van der Waals surface area contributed by atoms with Crippen molar-refractivity contribution < 1.29 is 35.6 Å². The number of benzene rings is 2. The molecular formula is C18H15F7N2OS. The summed E-state index contributed by atoms with van der Waals surface area (Å²) in [5.41, 5.74) is 5.25. The highest BCUT2D eigenvalue weighted by atomic mass is 32.2. The molecule has 0 radical (unpaired) electrons. The molecule has 0 spiro atoms. The lowest BCUT2D eigenvalue weighted by Crippen LogP contribution is -2.17. The highest BCUT2D eigenvalue weighted by Crippen LogP contribution is 2.31. The van der Waals surface area contributed by atoms with E-state index in [9.17, 15) is 30.7 Å². The predicted molar refractivity (Wildman–Crippen MR) is 94.9 cm³/mol. The zero-order valence-electron chi connectivity index (χ0n) is 14.9. The molecule has 0 amide bonds. The molecule has 0 bridgehead atoms. The quantitative estimate of drug-likeness (QED) is 0.208. The fraction of sp³-hybridized carbons (Fsp3) is 0.278. The molecule has 2 aromatic rings. The molecule has 3 nitrogen and oxygen atoms in total. The van der Waals surface area contributed by atoms with Crippen molar-refractivity contribution in [2.45, 2.75) is 30.8 Å².